The van der Waals surface area contributed by atoms with Crippen LogP contribution < -0.4 is 5.32 Å². The molecule has 0 aliphatic carbocycles. The van der Waals surface area contributed by atoms with Crippen molar-refractivity contribution in [2.75, 3.05) is 39.8 Å². The van der Waals surface area contributed by atoms with Gasteiger partial charge in [-0.15, -0.1) is 0 Å². The lowest BCUT2D eigenvalue weighted by molar-refractivity contribution is 0.186. The monoisotopic (exact) mass is 228 g/mol. The van der Waals surface area contributed by atoms with Crippen LogP contribution in [0.4, 0.5) is 0 Å². The predicted molar refractivity (Wildman–Crippen MR) is 68.6 cm³/mol. The van der Waals surface area contributed by atoms with E-state index in [1.807, 2.05) is 0 Å². The Morgan fingerprint density at radius 1 is 1.44 bits per heavy atom. The maximum absolute atomic E-state index is 8.95. The molecule has 1 unspecified atom stereocenters. The zero-order valence-electron chi connectivity index (χ0n) is 11.1. The zero-order valence-corrected chi connectivity index (χ0v) is 11.1. The average molecular weight is 228 g/mol. The third-order valence-electron chi connectivity index (χ3n) is 3.55. The van der Waals surface area contributed by atoms with E-state index in [1.165, 1.54) is 25.9 Å². The summed E-state index contributed by atoms with van der Waals surface area (Å²) in [5, 5.41) is 12.5. The highest BCUT2D eigenvalue weighted by Crippen LogP contribution is 2.19. The molecule has 3 nitrogen and oxygen atoms in total. The molecule has 1 heterocycles. The number of aliphatic hydroxyl groups is 1. The molecule has 0 aromatic carbocycles. The van der Waals surface area contributed by atoms with Gasteiger partial charge in [-0.25, -0.2) is 0 Å². The number of nitrogens with one attached hydrogen (secondary N) is 1. The lowest BCUT2D eigenvalue weighted by Gasteiger charge is -2.31. The zero-order chi connectivity index (χ0) is 12.0. The van der Waals surface area contributed by atoms with Crippen molar-refractivity contribution in [3.63, 3.8) is 0 Å². The van der Waals surface area contributed by atoms with Gasteiger partial charge in [0.25, 0.3) is 0 Å². The Labute approximate surface area is 100 Å². The minimum absolute atomic E-state index is 0.218. The summed E-state index contributed by atoms with van der Waals surface area (Å²) in [5.41, 5.74) is 0.218. The first-order valence-electron chi connectivity index (χ1n) is 6.53. The number of aliphatic hydroxyl groups excluding tert-OH is 1. The molecule has 96 valence electrons. The van der Waals surface area contributed by atoms with E-state index in [2.05, 4.69) is 31.1 Å². The number of hydrogen-bond acceptors (Lipinski definition) is 3. The van der Waals surface area contributed by atoms with Gasteiger partial charge >= 0.3 is 0 Å². The van der Waals surface area contributed by atoms with Crippen LogP contribution in [0.15, 0.2) is 0 Å². The molecule has 0 bridgehead atoms. The second kappa shape index (κ2) is 6.58. The first-order chi connectivity index (χ1) is 7.53. The van der Waals surface area contributed by atoms with Crippen LogP contribution in [0, 0.1) is 11.3 Å². The molecule has 0 radical (unpaired) electrons. The molecule has 1 aliphatic heterocycles. The molecule has 1 rings (SSSR count). The fourth-order valence-corrected chi connectivity index (χ4v) is 2.45. The largest absolute Gasteiger partial charge is 0.396 e. The van der Waals surface area contributed by atoms with Gasteiger partial charge in [-0.05, 0) is 50.7 Å². The Kier molecular flexibility index (Phi) is 5.73. The summed E-state index contributed by atoms with van der Waals surface area (Å²) in [6.07, 6.45) is 3.57. The van der Waals surface area contributed by atoms with Gasteiger partial charge in [0.05, 0.1) is 0 Å². The minimum atomic E-state index is 0.218. The highest BCUT2D eigenvalue weighted by Gasteiger charge is 2.19. The van der Waals surface area contributed by atoms with E-state index < -0.39 is 0 Å². The van der Waals surface area contributed by atoms with E-state index in [1.54, 1.807) is 0 Å². The van der Waals surface area contributed by atoms with Crippen molar-refractivity contribution in [2.45, 2.75) is 33.1 Å². The fraction of sp³-hybridized carbons (Fsp3) is 1.00. The van der Waals surface area contributed by atoms with E-state index in [-0.39, 0.29) is 5.41 Å². The molecule has 0 aromatic heterocycles. The number of hydrogen-bond donors (Lipinski definition) is 2. The first-order valence-corrected chi connectivity index (χ1v) is 6.53. The van der Waals surface area contributed by atoms with Crippen molar-refractivity contribution < 1.29 is 5.11 Å². The van der Waals surface area contributed by atoms with Crippen LogP contribution in [0.2, 0.25) is 0 Å². The minimum Gasteiger partial charge on any atom is -0.396 e. The second-order valence-electron chi connectivity index (χ2n) is 6.04. The van der Waals surface area contributed by atoms with Gasteiger partial charge in [-0.2, -0.15) is 0 Å². The molecule has 1 fully saturated rings. The molecule has 0 aromatic rings. The summed E-state index contributed by atoms with van der Waals surface area (Å²) in [5.74, 6) is 0.809. The molecule has 1 aliphatic rings. The second-order valence-corrected chi connectivity index (χ2v) is 6.04. The van der Waals surface area contributed by atoms with Crippen LogP contribution in [0.1, 0.15) is 33.1 Å². The molecular weight excluding hydrogens is 200 g/mol. The van der Waals surface area contributed by atoms with Crippen LogP contribution in [0.25, 0.3) is 0 Å². The SMILES string of the molecule is CN1CCCC(CNCC(C)(C)CCO)C1. The van der Waals surface area contributed by atoms with Crippen molar-refractivity contribution >= 4 is 0 Å². The summed E-state index contributed by atoms with van der Waals surface area (Å²) in [7, 11) is 2.21. The smallest absolute Gasteiger partial charge is 0.0436 e. The van der Waals surface area contributed by atoms with E-state index in [0.29, 0.717) is 6.61 Å². The molecule has 0 amide bonds. The molecule has 0 saturated carbocycles. The van der Waals surface area contributed by atoms with Crippen molar-refractivity contribution in [3.8, 4) is 0 Å². The maximum Gasteiger partial charge on any atom is 0.0436 e. The molecule has 1 atom stereocenters. The molecule has 3 heteroatoms. The summed E-state index contributed by atoms with van der Waals surface area (Å²) in [4.78, 5) is 2.43. The van der Waals surface area contributed by atoms with Crippen LogP contribution >= 0.6 is 0 Å². The molecular formula is C13H28N2O. The number of rotatable bonds is 6. The van der Waals surface area contributed by atoms with E-state index >= 15 is 0 Å². The normalized spacial score (nSPS) is 23.6. The third-order valence-corrected chi connectivity index (χ3v) is 3.55. The van der Waals surface area contributed by atoms with E-state index in [9.17, 15) is 0 Å². The van der Waals surface area contributed by atoms with Crippen molar-refractivity contribution in [2.24, 2.45) is 11.3 Å². The lowest BCUT2D eigenvalue weighted by Crippen LogP contribution is -2.40. The Balaban J connectivity index is 2.14. The number of piperidine rings is 1. The van der Waals surface area contributed by atoms with E-state index in [0.717, 1.165) is 25.4 Å². The van der Waals surface area contributed by atoms with Gasteiger partial charge in [-0.1, -0.05) is 13.8 Å². The highest BCUT2D eigenvalue weighted by atomic mass is 16.3. The van der Waals surface area contributed by atoms with Gasteiger partial charge in [0.1, 0.15) is 0 Å². The summed E-state index contributed by atoms with van der Waals surface area (Å²) >= 11 is 0. The lowest BCUT2D eigenvalue weighted by atomic mass is 9.89. The first kappa shape index (κ1) is 13.9. The van der Waals surface area contributed by atoms with Crippen molar-refractivity contribution in [1.82, 2.24) is 10.2 Å². The van der Waals surface area contributed by atoms with Crippen molar-refractivity contribution in [3.05, 3.63) is 0 Å². The highest BCUT2D eigenvalue weighted by molar-refractivity contribution is 4.75. The summed E-state index contributed by atoms with van der Waals surface area (Å²) < 4.78 is 0. The van der Waals surface area contributed by atoms with Gasteiger partial charge in [0.2, 0.25) is 0 Å². The van der Waals surface area contributed by atoms with Gasteiger partial charge < -0.3 is 15.3 Å². The third kappa shape index (κ3) is 5.28. The topological polar surface area (TPSA) is 35.5 Å². The summed E-state index contributed by atoms with van der Waals surface area (Å²) in [6.45, 7) is 9.33. The van der Waals surface area contributed by atoms with Crippen LogP contribution in [0.3, 0.4) is 0 Å². The molecule has 0 spiro atoms. The standard InChI is InChI=1S/C13H28N2O/c1-13(2,6-8-16)11-14-9-12-5-4-7-15(3)10-12/h12,14,16H,4-11H2,1-3H3. The van der Waals surface area contributed by atoms with Gasteiger partial charge in [-0.3, -0.25) is 0 Å². The fourth-order valence-electron chi connectivity index (χ4n) is 2.45. The Morgan fingerprint density at radius 2 is 2.19 bits per heavy atom. The molecule has 16 heavy (non-hydrogen) atoms. The number of nitrogens with zero attached hydrogens (tertiary/aromatic N) is 1. The van der Waals surface area contributed by atoms with Gasteiger partial charge in [0.15, 0.2) is 0 Å². The van der Waals surface area contributed by atoms with Crippen LogP contribution in [0.5, 0.6) is 0 Å². The Hall–Kier alpha value is -0.120. The number of likely N-dealkylation sites (tertiary alicyclic amines) is 1. The van der Waals surface area contributed by atoms with Crippen LogP contribution in [-0.2, 0) is 0 Å². The average Bonchev–Trinajstić information content (AvgIpc) is 2.17. The predicted octanol–water partition coefficient (Wildman–Crippen LogP) is 1.33. The quantitative estimate of drug-likeness (QED) is 0.720. The molecule has 2 N–H and O–H groups in total. The van der Waals surface area contributed by atoms with Gasteiger partial charge in [0, 0.05) is 19.7 Å². The van der Waals surface area contributed by atoms with Crippen molar-refractivity contribution in [1.29, 1.82) is 0 Å². The Morgan fingerprint density at radius 3 is 2.81 bits per heavy atom. The summed E-state index contributed by atoms with van der Waals surface area (Å²) in [6, 6.07) is 0. The molecule has 1 saturated heterocycles. The maximum atomic E-state index is 8.95. The van der Waals surface area contributed by atoms with Crippen LogP contribution in [-0.4, -0.2) is 49.8 Å². The van der Waals surface area contributed by atoms with E-state index in [4.69, 9.17) is 5.11 Å². The Bertz CT molecular complexity index is 194.